The summed E-state index contributed by atoms with van der Waals surface area (Å²) < 4.78 is 34.6. The summed E-state index contributed by atoms with van der Waals surface area (Å²) in [5.74, 6) is 0.585. The van der Waals surface area contributed by atoms with Crippen molar-refractivity contribution in [2.75, 3.05) is 0 Å². The van der Waals surface area contributed by atoms with Gasteiger partial charge in [-0.3, -0.25) is 5.10 Å². The van der Waals surface area contributed by atoms with E-state index in [1.165, 1.54) is 12.1 Å². The van der Waals surface area contributed by atoms with E-state index >= 15 is 0 Å². The highest BCUT2D eigenvalue weighted by atomic mass is 79.9. The van der Waals surface area contributed by atoms with E-state index in [2.05, 4.69) is 41.1 Å². The molecule has 3 rings (SSSR count). The number of alkyl halides is 2. The maximum Gasteiger partial charge on any atom is 0.387 e. The normalized spacial score (nSPS) is 11.0. The van der Waals surface area contributed by atoms with Crippen LogP contribution in [-0.2, 0) is 0 Å². The Morgan fingerprint density at radius 3 is 2.48 bits per heavy atom. The van der Waals surface area contributed by atoms with Crippen molar-refractivity contribution in [3.8, 4) is 28.8 Å². The largest absolute Gasteiger partial charge is 0.435 e. The Bertz CT molecular complexity index is 742. The molecule has 0 unspecified atom stereocenters. The van der Waals surface area contributed by atoms with Gasteiger partial charge in [-0.05, 0) is 40.2 Å². The number of H-pyrrole nitrogens is 1. The van der Waals surface area contributed by atoms with E-state index in [-0.39, 0.29) is 17.5 Å². The number of benzene rings is 1. The number of ether oxygens (including phenoxy) is 1. The molecule has 21 heavy (non-hydrogen) atoms. The highest BCUT2D eigenvalue weighted by Crippen LogP contribution is 2.28. The lowest BCUT2D eigenvalue weighted by Gasteiger charge is -2.03. The number of nitrogens with one attached hydrogen (secondary N) is 1. The van der Waals surface area contributed by atoms with Crippen LogP contribution >= 0.6 is 15.9 Å². The fourth-order valence-electron chi connectivity index (χ4n) is 1.64. The van der Waals surface area contributed by atoms with Crippen molar-refractivity contribution >= 4 is 15.9 Å². The van der Waals surface area contributed by atoms with E-state index in [0.29, 0.717) is 15.7 Å². The lowest BCUT2D eigenvalue weighted by Crippen LogP contribution is -2.01. The molecule has 108 valence electrons. The number of rotatable bonds is 4. The third-order valence-corrected chi connectivity index (χ3v) is 3.16. The van der Waals surface area contributed by atoms with Crippen molar-refractivity contribution in [1.82, 2.24) is 20.4 Å². The minimum atomic E-state index is -2.86. The van der Waals surface area contributed by atoms with E-state index in [1.54, 1.807) is 18.3 Å². The van der Waals surface area contributed by atoms with Crippen LogP contribution in [0.25, 0.3) is 23.0 Å². The van der Waals surface area contributed by atoms with E-state index in [0.717, 1.165) is 0 Å². The highest BCUT2D eigenvalue weighted by molar-refractivity contribution is 9.10. The third kappa shape index (κ3) is 2.92. The Labute approximate surface area is 125 Å². The maximum absolute atomic E-state index is 12.1. The summed E-state index contributed by atoms with van der Waals surface area (Å²) in [4.78, 5) is 0. The third-order valence-electron chi connectivity index (χ3n) is 2.56. The van der Waals surface area contributed by atoms with Crippen LogP contribution in [0.5, 0.6) is 5.75 Å². The number of hydrogen-bond donors (Lipinski definition) is 1. The predicted molar refractivity (Wildman–Crippen MR) is 71.6 cm³/mol. The first-order valence-corrected chi connectivity index (χ1v) is 6.51. The van der Waals surface area contributed by atoms with Crippen molar-refractivity contribution in [2.24, 2.45) is 0 Å². The number of halogens is 3. The Balaban J connectivity index is 1.85. The van der Waals surface area contributed by atoms with Crippen LogP contribution in [-0.4, -0.2) is 27.0 Å². The summed E-state index contributed by atoms with van der Waals surface area (Å²) in [5, 5.41) is 14.4. The maximum atomic E-state index is 12.1. The Morgan fingerprint density at radius 2 is 1.86 bits per heavy atom. The molecule has 6 nitrogen and oxygen atoms in total. The molecule has 0 saturated heterocycles. The average Bonchev–Trinajstić information content (AvgIpc) is 3.07. The van der Waals surface area contributed by atoms with Crippen molar-refractivity contribution < 1.29 is 17.9 Å². The van der Waals surface area contributed by atoms with Gasteiger partial charge in [0.15, 0.2) is 0 Å². The van der Waals surface area contributed by atoms with Crippen molar-refractivity contribution in [3.05, 3.63) is 34.9 Å². The van der Waals surface area contributed by atoms with E-state index in [9.17, 15) is 8.78 Å². The van der Waals surface area contributed by atoms with Crippen molar-refractivity contribution in [2.45, 2.75) is 6.61 Å². The topological polar surface area (TPSA) is 76.8 Å². The molecule has 0 aliphatic carbocycles. The highest BCUT2D eigenvalue weighted by Gasteiger charge is 2.14. The lowest BCUT2D eigenvalue weighted by atomic mass is 10.2. The van der Waals surface area contributed by atoms with Gasteiger partial charge in [0.05, 0.1) is 10.7 Å². The van der Waals surface area contributed by atoms with Gasteiger partial charge in [-0.1, -0.05) is 0 Å². The van der Waals surface area contributed by atoms with Gasteiger partial charge in [0, 0.05) is 5.56 Å². The second-order valence-corrected chi connectivity index (χ2v) is 4.76. The fraction of sp³-hybridized carbons (Fsp3) is 0.0833. The zero-order valence-electron chi connectivity index (χ0n) is 10.3. The average molecular weight is 357 g/mol. The van der Waals surface area contributed by atoms with E-state index in [1.807, 2.05) is 0 Å². The Morgan fingerprint density at radius 1 is 1.14 bits per heavy atom. The monoisotopic (exact) mass is 356 g/mol. The molecule has 0 aliphatic heterocycles. The molecule has 1 N–H and O–H groups in total. The zero-order valence-corrected chi connectivity index (χ0v) is 11.8. The first-order chi connectivity index (χ1) is 10.1. The van der Waals surface area contributed by atoms with Gasteiger partial charge in [0.1, 0.15) is 11.4 Å². The van der Waals surface area contributed by atoms with Crippen LogP contribution in [0.3, 0.4) is 0 Å². The smallest absolute Gasteiger partial charge is 0.387 e. The molecule has 2 heterocycles. The van der Waals surface area contributed by atoms with Crippen molar-refractivity contribution in [3.63, 3.8) is 0 Å². The first kappa shape index (κ1) is 13.7. The number of hydrogen-bond acceptors (Lipinski definition) is 5. The minimum absolute atomic E-state index is 0.0600. The molecule has 3 aromatic rings. The summed E-state index contributed by atoms with van der Waals surface area (Å²) in [7, 11) is 0. The van der Waals surface area contributed by atoms with Gasteiger partial charge in [0.2, 0.25) is 5.89 Å². The number of nitrogens with zero attached hydrogens (tertiary/aromatic N) is 3. The molecule has 0 aliphatic rings. The SMILES string of the molecule is FC(F)Oc1ccc(-c2nnc(-c3[nH]ncc3Br)o2)cc1. The van der Waals surface area contributed by atoms with Crippen LogP contribution in [0.4, 0.5) is 8.78 Å². The summed E-state index contributed by atoms with van der Waals surface area (Å²) in [5.41, 5.74) is 1.15. The molecule has 0 atom stereocenters. The van der Waals surface area contributed by atoms with Crippen molar-refractivity contribution in [1.29, 1.82) is 0 Å². The van der Waals surface area contributed by atoms with Gasteiger partial charge >= 0.3 is 6.61 Å². The zero-order chi connectivity index (χ0) is 14.8. The summed E-state index contributed by atoms with van der Waals surface area (Å²) in [6, 6.07) is 5.91. The van der Waals surface area contributed by atoms with Gasteiger partial charge in [-0.25, -0.2) is 0 Å². The Kier molecular flexibility index (Phi) is 3.65. The van der Waals surface area contributed by atoms with Gasteiger partial charge < -0.3 is 9.15 Å². The predicted octanol–water partition coefficient (Wildman–Crippen LogP) is 3.49. The molecule has 2 aromatic heterocycles. The molecular formula is C12H7BrF2N4O2. The molecule has 1 aromatic carbocycles. The fourth-order valence-corrected chi connectivity index (χ4v) is 2.00. The second-order valence-electron chi connectivity index (χ2n) is 3.91. The molecular weight excluding hydrogens is 350 g/mol. The number of aromatic amines is 1. The Hall–Kier alpha value is -2.29. The van der Waals surface area contributed by atoms with Crippen LogP contribution in [0.15, 0.2) is 39.4 Å². The first-order valence-electron chi connectivity index (χ1n) is 5.71. The molecule has 0 radical (unpaired) electrons. The molecule has 0 amide bonds. The number of aromatic nitrogens is 4. The minimum Gasteiger partial charge on any atom is -0.435 e. The summed E-state index contributed by atoms with van der Waals surface area (Å²) >= 11 is 3.29. The summed E-state index contributed by atoms with van der Waals surface area (Å²) in [6.07, 6.45) is 1.57. The van der Waals surface area contributed by atoms with Gasteiger partial charge in [-0.2, -0.15) is 13.9 Å². The molecule has 0 saturated carbocycles. The van der Waals surface area contributed by atoms with Crippen LogP contribution in [0.2, 0.25) is 0 Å². The molecule has 9 heteroatoms. The summed E-state index contributed by atoms with van der Waals surface area (Å²) in [6.45, 7) is -2.86. The molecule has 0 bridgehead atoms. The standard InChI is InChI=1S/C12H7BrF2N4O2/c13-8-5-16-17-9(8)11-19-18-10(21-11)6-1-3-7(4-2-6)20-12(14)15/h1-5,12H,(H,16,17). The van der Waals surface area contributed by atoms with Gasteiger partial charge in [0.25, 0.3) is 5.89 Å². The second kappa shape index (κ2) is 5.60. The van der Waals surface area contributed by atoms with Crippen LogP contribution < -0.4 is 4.74 Å². The van der Waals surface area contributed by atoms with E-state index < -0.39 is 6.61 Å². The van der Waals surface area contributed by atoms with Gasteiger partial charge in [-0.15, -0.1) is 10.2 Å². The molecule has 0 spiro atoms. The van der Waals surface area contributed by atoms with Crippen LogP contribution in [0.1, 0.15) is 0 Å². The van der Waals surface area contributed by atoms with E-state index in [4.69, 9.17) is 4.42 Å². The molecule has 0 fully saturated rings. The quantitative estimate of drug-likeness (QED) is 0.774. The van der Waals surface area contributed by atoms with Crippen LogP contribution in [0, 0.1) is 0 Å². The lowest BCUT2D eigenvalue weighted by molar-refractivity contribution is -0.0498.